The van der Waals surface area contributed by atoms with Crippen molar-refractivity contribution < 1.29 is 0 Å². The Morgan fingerprint density at radius 1 is 1.36 bits per heavy atom. The molecule has 0 amide bonds. The molecule has 1 atom stereocenters. The van der Waals surface area contributed by atoms with Gasteiger partial charge in [-0.25, -0.2) is 0 Å². The molecule has 1 nitrogen and oxygen atoms in total. The van der Waals surface area contributed by atoms with Gasteiger partial charge in [-0.3, -0.25) is 0 Å². The second-order valence-corrected chi connectivity index (χ2v) is 4.17. The van der Waals surface area contributed by atoms with Gasteiger partial charge in [-0.15, -0.1) is 11.3 Å². The lowest BCUT2D eigenvalue weighted by atomic mass is 10.1. The van der Waals surface area contributed by atoms with Crippen LogP contribution < -0.4 is 5.73 Å². The van der Waals surface area contributed by atoms with E-state index in [0.717, 1.165) is 0 Å². The Balaban J connectivity index is 2.82. The number of rotatable bonds is 2. The summed E-state index contributed by atoms with van der Waals surface area (Å²) in [6, 6.07) is 2.40. The standard InChI is InChI=1S/C9H15NS/c1-6(2)8-4-9(7(3)10)11-5-8/h4-7H,10H2,1-3H3/t7-/m1/s1. The fourth-order valence-corrected chi connectivity index (χ4v) is 1.94. The zero-order valence-electron chi connectivity index (χ0n) is 7.29. The number of thiophene rings is 1. The minimum absolute atomic E-state index is 0.187. The van der Waals surface area contributed by atoms with Gasteiger partial charge in [-0.05, 0) is 29.9 Å². The molecule has 0 aromatic carbocycles. The Morgan fingerprint density at radius 3 is 2.27 bits per heavy atom. The summed E-state index contributed by atoms with van der Waals surface area (Å²) < 4.78 is 0. The Morgan fingerprint density at radius 2 is 2.00 bits per heavy atom. The van der Waals surface area contributed by atoms with E-state index in [9.17, 15) is 0 Å². The van der Waals surface area contributed by atoms with Gasteiger partial charge in [0.25, 0.3) is 0 Å². The van der Waals surface area contributed by atoms with Crippen LogP contribution in [-0.2, 0) is 0 Å². The Kier molecular flexibility index (Phi) is 2.68. The van der Waals surface area contributed by atoms with Gasteiger partial charge in [0.05, 0.1) is 0 Å². The van der Waals surface area contributed by atoms with Crippen molar-refractivity contribution >= 4 is 11.3 Å². The maximum atomic E-state index is 5.74. The van der Waals surface area contributed by atoms with Gasteiger partial charge in [0, 0.05) is 10.9 Å². The van der Waals surface area contributed by atoms with Crippen molar-refractivity contribution in [1.82, 2.24) is 0 Å². The van der Waals surface area contributed by atoms with E-state index in [1.807, 2.05) is 6.92 Å². The topological polar surface area (TPSA) is 26.0 Å². The predicted octanol–water partition coefficient (Wildman–Crippen LogP) is 2.89. The van der Waals surface area contributed by atoms with Crippen LogP contribution in [0.3, 0.4) is 0 Å². The minimum atomic E-state index is 0.187. The van der Waals surface area contributed by atoms with Crippen LogP contribution in [-0.4, -0.2) is 0 Å². The van der Waals surface area contributed by atoms with Crippen molar-refractivity contribution in [3.05, 3.63) is 21.9 Å². The molecule has 0 bridgehead atoms. The lowest BCUT2D eigenvalue weighted by Crippen LogP contribution is -2.01. The van der Waals surface area contributed by atoms with Crippen molar-refractivity contribution in [1.29, 1.82) is 0 Å². The second-order valence-electron chi connectivity index (χ2n) is 3.23. The summed E-state index contributed by atoms with van der Waals surface area (Å²) in [6.45, 7) is 6.43. The van der Waals surface area contributed by atoms with Crippen molar-refractivity contribution in [3.63, 3.8) is 0 Å². The van der Waals surface area contributed by atoms with E-state index in [1.54, 1.807) is 11.3 Å². The SMILES string of the molecule is CC(C)c1csc([C@@H](C)N)c1. The summed E-state index contributed by atoms with van der Waals surface area (Å²) >= 11 is 1.76. The molecule has 0 saturated heterocycles. The van der Waals surface area contributed by atoms with Crippen LogP contribution in [0, 0.1) is 0 Å². The first kappa shape index (κ1) is 8.75. The van der Waals surface area contributed by atoms with Crippen molar-refractivity contribution in [2.75, 3.05) is 0 Å². The van der Waals surface area contributed by atoms with E-state index in [1.165, 1.54) is 10.4 Å². The maximum Gasteiger partial charge on any atom is 0.0361 e. The monoisotopic (exact) mass is 169 g/mol. The largest absolute Gasteiger partial charge is 0.324 e. The summed E-state index contributed by atoms with van der Waals surface area (Å²) in [5, 5.41) is 2.20. The Hall–Kier alpha value is -0.340. The third-order valence-corrected chi connectivity index (χ3v) is 2.91. The smallest absolute Gasteiger partial charge is 0.0361 e. The van der Waals surface area contributed by atoms with Crippen LogP contribution in [0.5, 0.6) is 0 Å². The average Bonchev–Trinajstić information content (AvgIpc) is 2.33. The zero-order chi connectivity index (χ0) is 8.43. The molecule has 0 radical (unpaired) electrons. The van der Waals surface area contributed by atoms with Crippen LogP contribution >= 0.6 is 11.3 Å². The zero-order valence-corrected chi connectivity index (χ0v) is 8.11. The van der Waals surface area contributed by atoms with Crippen LogP contribution in [0.1, 0.15) is 43.2 Å². The number of hydrogen-bond donors (Lipinski definition) is 1. The molecule has 0 fully saturated rings. The molecule has 1 aromatic rings. The van der Waals surface area contributed by atoms with Gasteiger partial charge in [-0.1, -0.05) is 13.8 Å². The van der Waals surface area contributed by atoms with Crippen molar-refractivity contribution in [2.24, 2.45) is 5.73 Å². The van der Waals surface area contributed by atoms with E-state index in [-0.39, 0.29) is 6.04 Å². The highest BCUT2D eigenvalue weighted by molar-refractivity contribution is 7.10. The summed E-state index contributed by atoms with van der Waals surface area (Å²) in [7, 11) is 0. The van der Waals surface area contributed by atoms with Crippen molar-refractivity contribution in [2.45, 2.75) is 32.7 Å². The van der Waals surface area contributed by atoms with E-state index >= 15 is 0 Å². The minimum Gasteiger partial charge on any atom is -0.324 e. The fourth-order valence-electron chi connectivity index (χ4n) is 0.910. The summed E-state index contributed by atoms with van der Waals surface area (Å²) in [5.41, 5.74) is 7.14. The first-order chi connectivity index (χ1) is 5.11. The van der Waals surface area contributed by atoms with Crippen LogP contribution in [0.25, 0.3) is 0 Å². The third kappa shape index (κ3) is 2.04. The molecule has 11 heavy (non-hydrogen) atoms. The number of hydrogen-bond acceptors (Lipinski definition) is 2. The summed E-state index contributed by atoms with van der Waals surface area (Å²) in [6.07, 6.45) is 0. The molecule has 1 heterocycles. The Labute approximate surface area is 72.2 Å². The first-order valence-corrected chi connectivity index (χ1v) is 4.83. The molecule has 2 heteroatoms. The second kappa shape index (κ2) is 3.37. The van der Waals surface area contributed by atoms with Gasteiger partial charge < -0.3 is 5.73 Å². The molecule has 0 spiro atoms. The van der Waals surface area contributed by atoms with Crippen LogP contribution in [0.4, 0.5) is 0 Å². The number of nitrogens with two attached hydrogens (primary N) is 1. The van der Waals surface area contributed by atoms with Gasteiger partial charge in [0.2, 0.25) is 0 Å². The third-order valence-electron chi connectivity index (χ3n) is 1.76. The molecular weight excluding hydrogens is 154 g/mol. The Bertz CT molecular complexity index is 203. The molecule has 1 rings (SSSR count). The molecular formula is C9H15NS. The molecule has 0 unspecified atom stereocenters. The van der Waals surface area contributed by atoms with Gasteiger partial charge >= 0.3 is 0 Å². The van der Waals surface area contributed by atoms with E-state index in [4.69, 9.17) is 5.73 Å². The summed E-state index contributed by atoms with van der Waals surface area (Å²) in [5.74, 6) is 0.624. The van der Waals surface area contributed by atoms with Gasteiger partial charge in [0.15, 0.2) is 0 Å². The van der Waals surface area contributed by atoms with Crippen LogP contribution in [0.15, 0.2) is 11.4 Å². The molecule has 0 aliphatic carbocycles. The molecule has 1 aromatic heterocycles. The van der Waals surface area contributed by atoms with Crippen molar-refractivity contribution in [3.8, 4) is 0 Å². The first-order valence-electron chi connectivity index (χ1n) is 3.95. The molecule has 0 aliphatic rings. The van der Waals surface area contributed by atoms with E-state index < -0.39 is 0 Å². The molecule has 62 valence electrons. The maximum absolute atomic E-state index is 5.74. The van der Waals surface area contributed by atoms with E-state index in [0.29, 0.717) is 5.92 Å². The molecule has 2 N–H and O–H groups in total. The lowest BCUT2D eigenvalue weighted by molar-refractivity contribution is 0.827. The van der Waals surface area contributed by atoms with Crippen LogP contribution in [0.2, 0.25) is 0 Å². The average molecular weight is 169 g/mol. The highest BCUT2D eigenvalue weighted by atomic mass is 32.1. The van der Waals surface area contributed by atoms with Gasteiger partial charge in [-0.2, -0.15) is 0 Å². The normalized spacial score (nSPS) is 13.9. The molecule has 0 saturated carbocycles. The van der Waals surface area contributed by atoms with E-state index in [2.05, 4.69) is 25.3 Å². The lowest BCUT2D eigenvalue weighted by Gasteiger charge is -2.00. The highest BCUT2D eigenvalue weighted by Crippen LogP contribution is 2.25. The summed E-state index contributed by atoms with van der Waals surface area (Å²) in [4.78, 5) is 1.29. The fraction of sp³-hybridized carbons (Fsp3) is 0.556. The highest BCUT2D eigenvalue weighted by Gasteiger charge is 2.05. The van der Waals surface area contributed by atoms with Gasteiger partial charge in [0.1, 0.15) is 0 Å². The quantitative estimate of drug-likeness (QED) is 0.723. The predicted molar refractivity (Wildman–Crippen MR) is 51.0 cm³/mol. The molecule has 0 aliphatic heterocycles.